The lowest BCUT2D eigenvalue weighted by atomic mass is 9.79. The number of benzene rings is 1. The van der Waals surface area contributed by atoms with Gasteiger partial charge in [0.15, 0.2) is 0 Å². The van der Waals surface area contributed by atoms with Gasteiger partial charge < -0.3 is 4.74 Å². The second-order valence-corrected chi connectivity index (χ2v) is 7.31. The second-order valence-electron chi connectivity index (χ2n) is 5.36. The zero-order valence-electron chi connectivity index (χ0n) is 12.1. The molecule has 1 nitrogen and oxygen atoms in total. The van der Waals surface area contributed by atoms with Crippen LogP contribution in [0.5, 0.6) is 5.75 Å². The number of rotatable bonds is 8. The van der Waals surface area contributed by atoms with Gasteiger partial charge in [0, 0.05) is 5.33 Å². The van der Waals surface area contributed by atoms with Crippen LogP contribution >= 0.6 is 31.9 Å². The maximum absolute atomic E-state index is 5.95. The minimum atomic E-state index is 0.351. The highest BCUT2D eigenvalue weighted by Crippen LogP contribution is 2.33. The highest BCUT2D eigenvalue weighted by atomic mass is 79.9. The van der Waals surface area contributed by atoms with Gasteiger partial charge in [0.1, 0.15) is 12.4 Å². The Kier molecular flexibility index (Phi) is 7.45. The smallest absolute Gasteiger partial charge is 0.122 e. The number of hydrogen-bond acceptors (Lipinski definition) is 1. The van der Waals surface area contributed by atoms with Gasteiger partial charge in [-0.25, -0.2) is 0 Å². The summed E-state index contributed by atoms with van der Waals surface area (Å²) >= 11 is 7.03. The molecule has 0 saturated heterocycles. The molecule has 0 aliphatic heterocycles. The molecule has 0 fully saturated rings. The molecule has 19 heavy (non-hydrogen) atoms. The molecule has 1 unspecified atom stereocenters. The zero-order valence-corrected chi connectivity index (χ0v) is 15.3. The molecule has 108 valence electrons. The van der Waals surface area contributed by atoms with Crippen molar-refractivity contribution in [3.8, 4) is 5.75 Å². The lowest BCUT2D eigenvalue weighted by molar-refractivity contribution is 0.281. The van der Waals surface area contributed by atoms with E-state index in [0.717, 1.165) is 17.5 Å². The van der Waals surface area contributed by atoms with Crippen LogP contribution in [0, 0.1) is 5.41 Å². The average Bonchev–Trinajstić information content (AvgIpc) is 2.45. The highest BCUT2D eigenvalue weighted by Gasteiger charge is 2.22. The van der Waals surface area contributed by atoms with E-state index in [1.54, 1.807) is 0 Å². The largest absolute Gasteiger partial charge is 0.492 e. The van der Waals surface area contributed by atoms with E-state index in [4.69, 9.17) is 4.74 Å². The summed E-state index contributed by atoms with van der Waals surface area (Å²) in [4.78, 5) is 0.351. The molecule has 0 saturated carbocycles. The first-order valence-corrected chi connectivity index (χ1v) is 8.99. The standard InChI is InChI=1S/C16H24Br2O/c1-4-16(3,5-2)10-13-8-6-7-9-15(13)19-12-14(18)11-17/h6-9,14H,4-5,10-12H2,1-3H3. The third-order valence-corrected chi connectivity index (χ3v) is 6.12. The summed E-state index contributed by atoms with van der Waals surface area (Å²) in [5, 5.41) is 0.900. The zero-order chi connectivity index (χ0) is 14.3. The van der Waals surface area contributed by atoms with Gasteiger partial charge in [-0.3, -0.25) is 0 Å². The lowest BCUT2D eigenvalue weighted by Gasteiger charge is -2.27. The number of para-hydroxylation sites is 1. The van der Waals surface area contributed by atoms with E-state index in [1.807, 2.05) is 6.07 Å². The Morgan fingerprint density at radius 2 is 1.84 bits per heavy atom. The van der Waals surface area contributed by atoms with E-state index >= 15 is 0 Å². The normalized spacial score (nSPS) is 13.3. The Balaban J connectivity index is 2.78. The van der Waals surface area contributed by atoms with Crippen molar-refractivity contribution < 1.29 is 4.74 Å². The Morgan fingerprint density at radius 3 is 2.42 bits per heavy atom. The molecule has 0 heterocycles. The third kappa shape index (κ3) is 5.47. The predicted molar refractivity (Wildman–Crippen MR) is 90.8 cm³/mol. The molecule has 0 aromatic heterocycles. The van der Waals surface area contributed by atoms with Crippen LogP contribution < -0.4 is 4.74 Å². The van der Waals surface area contributed by atoms with Crippen LogP contribution in [0.2, 0.25) is 0 Å². The Morgan fingerprint density at radius 1 is 1.21 bits per heavy atom. The molecule has 1 atom stereocenters. The van der Waals surface area contributed by atoms with E-state index in [-0.39, 0.29) is 0 Å². The monoisotopic (exact) mass is 390 g/mol. The SMILES string of the molecule is CCC(C)(CC)Cc1ccccc1OCC(Br)CBr. The molecule has 1 aromatic carbocycles. The molecule has 0 N–H and O–H groups in total. The Hall–Kier alpha value is -0.0200. The summed E-state index contributed by atoms with van der Waals surface area (Å²) in [5.41, 5.74) is 1.69. The van der Waals surface area contributed by atoms with Crippen molar-refractivity contribution in [3.63, 3.8) is 0 Å². The average molecular weight is 392 g/mol. The molecule has 0 bridgehead atoms. The molecule has 0 amide bonds. The number of alkyl halides is 2. The van der Waals surface area contributed by atoms with Crippen molar-refractivity contribution >= 4 is 31.9 Å². The van der Waals surface area contributed by atoms with Gasteiger partial charge in [-0.2, -0.15) is 0 Å². The van der Waals surface area contributed by atoms with Crippen LogP contribution in [-0.2, 0) is 6.42 Å². The van der Waals surface area contributed by atoms with Crippen LogP contribution in [0.25, 0.3) is 0 Å². The van der Waals surface area contributed by atoms with Gasteiger partial charge >= 0.3 is 0 Å². The van der Waals surface area contributed by atoms with Crippen LogP contribution in [0.3, 0.4) is 0 Å². The van der Waals surface area contributed by atoms with Crippen molar-refractivity contribution in [1.82, 2.24) is 0 Å². The molecule has 0 aliphatic carbocycles. The summed E-state index contributed by atoms with van der Waals surface area (Å²) in [5.74, 6) is 1.03. The van der Waals surface area contributed by atoms with Crippen molar-refractivity contribution in [1.29, 1.82) is 0 Å². The molecule has 0 radical (unpaired) electrons. The fourth-order valence-corrected chi connectivity index (χ4v) is 2.29. The topological polar surface area (TPSA) is 9.23 Å². The Labute approximate surface area is 134 Å². The molecule has 0 aliphatic rings. The molecule has 0 spiro atoms. The van der Waals surface area contributed by atoms with E-state index in [1.165, 1.54) is 18.4 Å². The first-order valence-electron chi connectivity index (χ1n) is 6.95. The molecule has 3 heteroatoms. The van der Waals surface area contributed by atoms with Crippen LogP contribution in [0.4, 0.5) is 0 Å². The van der Waals surface area contributed by atoms with Crippen molar-refractivity contribution in [2.75, 3.05) is 11.9 Å². The minimum Gasteiger partial charge on any atom is -0.492 e. The van der Waals surface area contributed by atoms with Gasteiger partial charge in [0.2, 0.25) is 0 Å². The summed E-state index contributed by atoms with van der Waals surface area (Å²) in [6.45, 7) is 7.59. The van der Waals surface area contributed by atoms with Gasteiger partial charge in [0.05, 0.1) is 4.83 Å². The number of ether oxygens (including phenoxy) is 1. The summed E-state index contributed by atoms with van der Waals surface area (Å²) in [6.07, 6.45) is 3.47. The van der Waals surface area contributed by atoms with Crippen LogP contribution in [0.1, 0.15) is 39.2 Å². The number of halogens is 2. The van der Waals surface area contributed by atoms with E-state index in [2.05, 4.69) is 70.8 Å². The van der Waals surface area contributed by atoms with Gasteiger partial charge in [0.25, 0.3) is 0 Å². The second kappa shape index (κ2) is 8.31. The van der Waals surface area contributed by atoms with Gasteiger partial charge in [-0.1, -0.05) is 83.7 Å². The fourth-order valence-electron chi connectivity index (χ4n) is 1.98. The Bertz CT molecular complexity index is 375. The number of hydrogen-bond donors (Lipinski definition) is 0. The van der Waals surface area contributed by atoms with Gasteiger partial charge in [-0.15, -0.1) is 0 Å². The molecular weight excluding hydrogens is 368 g/mol. The molecular formula is C16H24Br2O. The quantitative estimate of drug-likeness (QED) is 0.524. The first kappa shape index (κ1) is 17.0. The fraction of sp³-hybridized carbons (Fsp3) is 0.625. The summed E-state index contributed by atoms with van der Waals surface area (Å²) in [6, 6.07) is 8.42. The molecule has 1 rings (SSSR count). The third-order valence-electron chi connectivity index (χ3n) is 3.88. The maximum Gasteiger partial charge on any atom is 0.122 e. The van der Waals surface area contributed by atoms with E-state index in [0.29, 0.717) is 16.8 Å². The van der Waals surface area contributed by atoms with Crippen molar-refractivity contribution in [2.24, 2.45) is 5.41 Å². The van der Waals surface area contributed by atoms with Crippen molar-refractivity contribution in [2.45, 2.75) is 44.9 Å². The van der Waals surface area contributed by atoms with Gasteiger partial charge in [-0.05, 0) is 23.5 Å². The van der Waals surface area contributed by atoms with Crippen LogP contribution in [0.15, 0.2) is 24.3 Å². The lowest BCUT2D eigenvalue weighted by Crippen LogP contribution is -2.19. The summed E-state index contributed by atoms with van der Waals surface area (Å²) in [7, 11) is 0. The van der Waals surface area contributed by atoms with Crippen LogP contribution in [-0.4, -0.2) is 16.8 Å². The highest BCUT2D eigenvalue weighted by molar-refractivity contribution is 9.12. The van der Waals surface area contributed by atoms with Crippen molar-refractivity contribution in [3.05, 3.63) is 29.8 Å². The first-order chi connectivity index (χ1) is 9.04. The van der Waals surface area contributed by atoms with E-state index < -0.39 is 0 Å². The minimum absolute atomic E-state index is 0.351. The summed E-state index contributed by atoms with van der Waals surface area (Å²) < 4.78 is 5.95. The molecule has 1 aromatic rings. The maximum atomic E-state index is 5.95. The predicted octanol–water partition coefficient (Wildman–Crippen LogP) is 5.59. The van der Waals surface area contributed by atoms with E-state index in [9.17, 15) is 0 Å².